The summed E-state index contributed by atoms with van der Waals surface area (Å²) in [5, 5.41) is 9.36. The molecule has 0 unspecified atom stereocenters. The van der Waals surface area contributed by atoms with Crippen LogP contribution in [0.5, 0.6) is 0 Å². The van der Waals surface area contributed by atoms with Gasteiger partial charge in [-0.2, -0.15) is 0 Å². The van der Waals surface area contributed by atoms with Crippen molar-refractivity contribution in [3.8, 4) is 44.5 Å². The Morgan fingerprint density at radius 2 is 0.923 bits per heavy atom. The second-order valence-corrected chi connectivity index (χ2v) is 17.8. The number of hydrogen-bond acceptors (Lipinski definition) is 3. The molecule has 13 aromatic rings. The highest BCUT2D eigenvalue weighted by atomic mass is 32.1. The van der Waals surface area contributed by atoms with Gasteiger partial charge in [-0.3, -0.25) is 0 Å². The number of nitrogens with zero attached hydrogens (tertiary/aromatic N) is 1. The summed E-state index contributed by atoms with van der Waals surface area (Å²) >= 11 is 1.86. The summed E-state index contributed by atoms with van der Waals surface area (Å²) in [7, 11) is 0. The van der Waals surface area contributed by atoms with Gasteiger partial charge in [0.1, 0.15) is 11.2 Å². The normalized spacial score (nSPS) is 11.7. The van der Waals surface area contributed by atoms with Gasteiger partial charge in [0.2, 0.25) is 0 Å². The summed E-state index contributed by atoms with van der Waals surface area (Å²) < 4.78 is 9.66. The average molecular weight is 846 g/mol. The topological polar surface area (TPSA) is 16.4 Å². The molecule has 0 fully saturated rings. The van der Waals surface area contributed by atoms with Crippen LogP contribution >= 0.6 is 11.3 Å². The smallest absolute Gasteiger partial charge is 0.143 e. The molecule has 304 valence electrons. The minimum Gasteiger partial charge on any atom is -0.455 e. The van der Waals surface area contributed by atoms with Gasteiger partial charge in [-0.25, -0.2) is 0 Å². The van der Waals surface area contributed by atoms with Crippen LogP contribution in [0.4, 0.5) is 17.1 Å². The zero-order valence-electron chi connectivity index (χ0n) is 35.3. The van der Waals surface area contributed by atoms with E-state index in [2.05, 4.69) is 241 Å². The molecule has 0 N–H and O–H groups in total. The first-order valence-corrected chi connectivity index (χ1v) is 23.0. The number of anilines is 3. The Bertz CT molecular complexity index is 3920. The van der Waals surface area contributed by atoms with Crippen LogP contribution in [0.3, 0.4) is 0 Å². The molecule has 2 aromatic heterocycles. The fourth-order valence-electron chi connectivity index (χ4n) is 10.0. The Kier molecular flexibility index (Phi) is 8.75. The van der Waals surface area contributed by atoms with Gasteiger partial charge in [-0.1, -0.05) is 194 Å². The first-order valence-electron chi connectivity index (χ1n) is 22.2. The molecule has 0 amide bonds. The lowest BCUT2D eigenvalue weighted by atomic mass is 9.91. The molecule has 13 rings (SSSR count). The van der Waals surface area contributed by atoms with Crippen molar-refractivity contribution in [2.45, 2.75) is 0 Å². The van der Waals surface area contributed by atoms with Gasteiger partial charge in [-0.15, -0.1) is 11.3 Å². The van der Waals surface area contributed by atoms with Crippen molar-refractivity contribution in [3.05, 3.63) is 237 Å². The molecule has 0 atom stereocenters. The van der Waals surface area contributed by atoms with E-state index in [4.69, 9.17) is 4.42 Å². The fraction of sp³-hybridized carbons (Fsp3) is 0. The average Bonchev–Trinajstić information content (AvgIpc) is 3.96. The highest BCUT2D eigenvalue weighted by Crippen LogP contribution is 2.53. The van der Waals surface area contributed by atoms with E-state index < -0.39 is 0 Å². The molecule has 0 aliphatic rings. The Morgan fingerprint density at radius 1 is 0.354 bits per heavy atom. The van der Waals surface area contributed by atoms with E-state index in [1.807, 2.05) is 11.3 Å². The third kappa shape index (κ3) is 6.16. The quantitative estimate of drug-likeness (QED) is 0.159. The minimum absolute atomic E-state index is 0.842. The molecule has 2 nitrogen and oxygen atoms in total. The van der Waals surface area contributed by atoms with Crippen molar-refractivity contribution in [1.82, 2.24) is 0 Å². The third-order valence-corrected chi connectivity index (χ3v) is 14.3. The predicted octanol–water partition coefficient (Wildman–Crippen LogP) is 18.4. The Balaban J connectivity index is 1.16. The molecule has 0 aliphatic carbocycles. The SMILES string of the molecule is c1ccc(-c2ccc(-c3ccc4oc5c6ccccc6c(-c6cccc7ccccc67)cc5c4c3N(c3ccc(-c4ccccc4)cc3)c3cccc4c3sc3ccccc34)cc2)cc1. The summed E-state index contributed by atoms with van der Waals surface area (Å²) in [4.78, 5) is 2.51. The highest BCUT2D eigenvalue weighted by Gasteiger charge is 2.27. The highest BCUT2D eigenvalue weighted by molar-refractivity contribution is 7.26. The fourth-order valence-corrected chi connectivity index (χ4v) is 11.2. The van der Waals surface area contributed by atoms with Crippen LogP contribution in [0, 0.1) is 0 Å². The Morgan fingerprint density at radius 3 is 1.68 bits per heavy atom. The maximum absolute atomic E-state index is 7.16. The van der Waals surface area contributed by atoms with Crippen LogP contribution in [-0.2, 0) is 0 Å². The second kappa shape index (κ2) is 15.2. The van der Waals surface area contributed by atoms with Gasteiger partial charge in [-0.05, 0) is 97.6 Å². The van der Waals surface area contributed by atoms with Gasteiger partial charge >= 0.3 is 0 Å². The molecule has 65 heavy (non-hydrogen) atoms. The first-order chi connectivity index (χ1) is 32.2. The number of thiophene rings is 1. The van der Waals surface area contributed by atoms with Crippen LogP contribution in [0.25, 0.3) is 108 Å². The lowest BCUT2D eigenvalue weighted by Gasteiger charge is -2.29. The summed E-state index contributed by atoms with van der Waals surface area (Å²) in [6.45, 7) is 0. The molecule has 0 radical (unpaired) electrons. The van der Waals surface area contributed by atoms with Crippen molar-refractivity contribution in [2.24, 2.45) is 0 Å². The number of benzene rings is 11. The second-order valence-electron chi connectivity index (χ2n) is 16.8. The van der Waals surface area contributed by atoms with Gasteiger partial charge in [0, 0.05) is 37.5 Å². The molecule has 0 bridgehead atoms. The summed E-state index contributed by atoms with van der Waals surface area (Å²) in [6.07, 6.45) is 0. The molecular weight excluding hydrogens is 807 g/mol. The van der Waals surface area contributed by atoms with E-state index in [0.29, 0.717) is 0 Å². The summed E-state index contributed by atoms with van der Waals surface area (Å²) in [6, 6.07) is 85.9. The van der Waals surface area contributed by atoms with Gasteiger partial charge < -0.3 is 9.32 Å². The van der Waals surface area contributed by atoms with Gasteiger partial charge in [0.05, 0.1) is 21.5 Å². The molecule has 0 spiro atoms. The first kappa shape index (κ1) is 37.3. The van der Waals surface area contributed by atoms with E-state index >= 15 is 0 Å². The predicted molar refractivity (Wildman–Crippen MR) is 278 cm³/mol. The Hall–Kier alpha value is -8.24. The van der Waals surface area contributed by atoms with Crippen molar-refractivity contribution >= 4 is 92.1 Å². The van der Waals surface area contributed by atoms with Crippen LogP contribution < -0.4 is 4.90 Å². The standard InChI is InChI=1S/C62H39NOS/c1-3-15-40(16-4-1)42-29-31-45(32-30-42)48-37-38-57-59(55-39-54(50-22-9-10-24-52(50)61(55)64-57)49-25-13-20-44-19-7-8-21-47(44)49)60(48)63(46-35-33-43(34-36-46)41-17-5-2-6-18-41)56-27-14-26-53-51-23-11-12-28-58(51)65-62(53)56/h1-39H. The third-order valence-electron chi connectivity index (χ3n) is 13.1. The van der Waals surface area contributed by atoms with E-state index in [1.54, 1.807) is 0 Å². The van der Waals surface area contributed by atoms with Crippen LogP contribution in [0.2, 0.25) is 0 Å². The lowest BCUT2D eigenvalue weighted by Crippen LogP contribution is -2.12. The van der Waals surface area contributed by atoms with E-state index in [1.165, 1.54) is 64.3 Å². The van der Waals surface area contributed by atoms with Gasteiger partial charge in [0.25, 0.3) is 0 Å². The number of hydrogen-bond donors (Lipinski definition) is 0. The van der Waals surface area contributed by atoms with Crippen LogP contribution in [0.1, 0.15) is 0 Å². The summed E-state index contributed by atoms with van der Waals surface area (Å²) in [5.41, 5.74) is 14.3. The number of fused-ring (bicyclic) bond motifs is 9. The Labute approximate surface area is 380 Å². The van der Waals surface area contributed by atoms with Crippen molar-refractivity contribution in [1.29, 1.82) is 0 Å². The van der Waals surface area contributed by atoms with Crippen molar-refractivity contribution in [3.63, 3.8) is 0 Å². The minimum atomic E-state index is 0.842. The molecule has 3 heteroatoms. The van der Waals surface area contributed by atoms with E-state index in [9.17, 15) is 0 Å². The number of furan rings is 1. The van der Waals surface area contributed by atoms with Crippen molar-refractivity contribution < 1.29 is 4.42 Å². The van der Waals surface area contributed by atoms with E-state index in [-0.39, 0.29) is 0 Å². The van der Waals surface area contributed by atoms with E-state index in [0.717, 1.165) is 60.9 Å². The van der Waals surface area contributed by atoms with Crippen LogP contribution in [0.15, 0.2) is 241 Å². The monoisotopic (exact) mass is 845 g/mol. The van der Waals surface area contributed by atoms with Gasteiger partial charge in [0.15, 0.2) is 0 Å². The molecule has 0 saturated carbocycles. The van der Waals surface area contributed by atoms with Crippen molar-refractivity contribution in [2.75, 3.05) is 4.90 Å². The molecule has 0 aliphatic heterocycles. The largest absolute Gasteiger partial charge is 0.455 e. The molecule has 11 aromatic carbocycles. The lowest BCUT2D eigenvalue weighted by molar-refractivity contribution is 0.673. The maximum atomic E-state index is 7.16. The molecule has 2 heterocycles. The molecular formula is C62H39NOS. The zero-order chi connectivity index (χ0) is 42.8. The van der Waals surface area contributed by atoms with Crippen LogP contribution in [-0.4, -0.2) is 0 Å². The number of rotatable bonds is 7. The maximum Gasteiger partial charge on any atom is 0.143 e. The summed E-state index contributed by atoms with van der Waals surface area (Å²) in [5.74, 6) is 0. The zero-order valence-corrected chi connectivity index (χ0v) is 36.1. The molecule has 0 saturated heterocycles.